The Kier molecular flexibility index (Phi) is 8.69. The van der Waals surface area contributed by atoms with E-state index in [-0.39, 0.29) is 63.8 Å². The van der Waals surface area contributed by atoms with Gasteiger partial charge < -0.3 is 29.3 Å². The van der Waals surface area contributed by atoms with Gasteiger partial charge >= 0.3 is 5.97 Å². The van der Waals surface area contributed by atoms with Crippen molar-refractivity contribution >= 4 is 21.9 Å². The number of carbonyl (C=O) groups excluding carboxylic acids is 1. The van der Waals surface area contributed by atoms with Gasteiger partial charge in [0.1, 0.15) is 6.54 Å². The Morgan fingerprint density at radius 1 is 1.00 bits per heavy atom. The molecular formula is C39H62N2O9S. The van der Waals surface area contributed by atoms with Gasteiger partial charge in [-0.05, 0) is 115 Å². The summed E-state index contributed by atoms with van der Waals surface area (Å²) in [6, 6.07) is 0. The lowest BCUT2D eigenvalue weighted by Crippen LogP contribution is -2.60. The summed E-state index contributed by atoms with van der Waals surface area (Å²) in [6.07, 6.45) is 10.5. The van der Waals surface area contributed by atoms with Crippen LogP contribution in [0.15, 0.2) is 0 Å². The number of nitrogens with zero attached hydrogens (tertiary/aromatic N) is 2. The number of morpholine rings is 1. The number of carboxylic acid groups (broad SMARTS) is 1. The highest BCUT2D eigenvalue weighted by molar-refractivity contribution is 7.88. The number of aliphatic hydroxyl groups is 1. The third-order valence-electron chi connectivity index (χ3n) is 16.9. The molecule has 2 spiro atoms. The van der Waals surface area contributed by atoms with E-state index in [9.17, 15) is 28.2 Å². The van der Waals surface area contributed by atoms with Gasteiger partial charge in [-0.25, -0.2) is 8.42 Å². The van der Waals surface area contributed by atoms with Gasteiger partial charge in [0.15, 0.2) is 6.29 Å². The van der Waals surface area contributed by atoms with Gasteiger partial charge in [-0.2, -0.15) is 4.31 Å². The molecule has 0 aromatic heterocycles. The highest BCUT2D eigenvalue weighted by atomic mass is 32.2. The topological polar surface area (TPSA) is 143 Å². The molecule has 8 aliphatic rings. The molecule has 8 fully saturated rings. The van der Waals surface area contributed by atoms with E-state index >= 15 is 0 Å². The maximum absolute atomic E-state index is 12.9. The number of carboxylic acids is 1. The first kappa shape index (κ1) is 36.7. The third kappa shape index (κ3) is 5.44. The number of hydrogen-bond donors (Lipinski definition) is 2. The maximum Gasteiger partial charge on any atom is 0.318 e. The van der Waals surface area contributed by atoms with Crippen molar-refractivity contribution in [3.05, 3.63) is 0 Å². The molecule has 11 nitrogen and oxygen atoms in total. The largest absolute Gasteiger partial charge is 0.480 e. The molecule has 0 aromatic rings. The van der Waals surface area contributed by atoms with Crippen molar-refractivity contribution < 1.29 is 42.4 Å². The smallest absolute Gasteiger partial charge is 0.318 e. The van der Waals surface area contributed by atoms with Crippen LogP contribution >= 0.6 is 0 Å². The van der Waals surface area contributed by atoms with Crippen LogP contribution in [0.1, 0.15) is 105 Å². The van der Waals surface area contributed by atoms with Crippen molar-refractivity contribution in [2.24, 2.45) is 56.7 Å². The Morgan fingerprint density at radius 2 is 1.71 bits per heavy atom. The number of aliphatic hydroxyl groups excluding tert-OH is 1. The molecule has 2 heterocycles. The van der Waals surface area contributed by atoms with Gasteiger partial charge in [0.2, 0.25) is 15.9 Å². The average Bonchev–Trinajstić information content (AvgIpc) is 3.97. The van der Waals surface area contributed by atoms with Gasteiger partial charge in [-0.15, -0.1) is 0 Å². The SMILES string of the molecule is C[C@@H]1C[C@H](CN(CC(=O)O)S(C)(=O)=O)O[C@H]2[C@H]1[C@@]1(C)CC[C@@]34CC35CCC(O[C@H]3CN(C(=O)CC6CC6)CCO3)C(C)(C)[C@@H]5CC[C@H]4[C@]1(C)[C@H]2O. The summed E-state index contributed by atoms with van der Waals surface area (Å²) >= 11 is 0. The van der Waals surface area contributed by atoms with Crippen molar-refractivity contribution in [3.63, 3.8) is 0 Å². The summed E-state index contributed by atoms with van der Waals surface area (Å²) in [7, 11) is -3.74. The molecule has 0 radical (unpaired) electrons. The molecule has 2 N–H and O–H groups in total. The fraction of sp³-hybridized carbons (Fsp3) is 0.949. The van der Waals surface area contributed by atoms with Gasteiger partial charge in [-0.3, -0.25) is 9.59 Å². The number of ether oxygens (including phenoxy) is 3. The number of rotatable bonds is 9. The van der Waals surface area contributed by atoms with E-state index in [0.717, 1.165) is 49.1 Å². The van der Waals surface area contributed by atoms with Crippen molar-refractivity contribution in [1.29, 1.82) is 0 Å². The Hall–Kier alpha value is -1.31. The summed E-state index contributed by atoms with van der Waals surface area (Å²) in [6.45, 7) is 12.9. The van der Waals surface area contributed by atoms with Crippen LogP contribution in [-0.2, 0) is 33.8 Å². The van der Waals surface area contributed by atoms with Crippen molar-refractivity contribution in [2.75, 3.05) is 39.0 Å². The lowest BCUT2D eigenvalue weighted by atomic mass is 9.41. The number of hydrogen-bond acceptors (Lipinski definition) is 8. The second kappa shape index (κ2) is 12.1. The summed E-state index contributed by atoms with van der Waals surface area (Å²) < 4.78 is 45.7. The van der Waals surface area contributed by atoms with Gasteiger partial charge in [0, 0.05) is 24.9 Å². The summed E-state index contributed by atoms with van der Waals surface area (Å²) in [5.41, 5.74) is -0.0983. The number of carbonyl (C=O) groups is 2. The van der Waals surface area contributed by atoms with E-state index in [1.54, 1.807) is 0 Å². The van der Waals surface area contributed by atoms with Crippen LogP contribution in [0.2, 0.25) is 0 Å². The van der Waals surface area contributed by atoms with Gasteiger partial charge in [-0.1, -0.05) is 34.6 Å². The van der Waals surface area contributed by atoms with E-state index in [1.165, 1.54) is 19.3 Å². The molecule has 1 amide bonds. The van der Waals surface area contributed by atoms with E-state index < -0.39 is 40.8 Å². The lowest BCUT2D eigenvalue weighted by Gasteiger charge is -2.64. The van der Waals surface area contributed by atoms with Crippen LogP contribution in [0.3, 0.4) is 0 Å². The minimum Gasteiger partial charge on any atom is -0.480 e. The molecule has 2 unspecified atom stereocenters. The molecule has 0 aromatic carbocycles. The van der Waals surface area contributed by atoms with Crippen LogP contribution in [-0.4, -0.2) is 109 Å². The monoisotopic (exact) mass is 734 g/mol. The van der Waals surface area contributed by atoms with Crippen LogP contribution in [0, 0.1) is 56.7 Å². The Morgan fingerprint density at radius 3 is 2.39 bits per heavy atom. The fourth-order valence-corrected chi connectivity index (χ4v) is 15.0. The molecule has 8 rings (SSSR count). The van der Waals surface area contributed by atoms with Crippen molar-refractivity contribution in [1.82, 2.24) is 9.21 Å². The zero-order valence-electron chi connectivity index (χ0n) is 31.6. The molecule has 12 heteroatoms. The number of aliphatic carboxylic acids is 1. The first-order chi connectivity index (χ1) is 23.9. The Balaban J connectivity index is 0.990. The van der Waals surface area contributed by atoms with Crippen LogP contribution in [0.25, 0.3) is 0 Å². The highest BCUT2D eigenvalue weighted by Gasteiger charge is 2.84. The molecule has 2 aliphatic heterocycles. The molecular weight excluding hydrogens is 673 g/mol. The maximum atomic E-state index is 12.9. The van der Waals surface area contributed by atoms with Gasteiger partial charge in [0.25, 0.3) is 0 Å². The van der Waals surface area contributed by atoms with Crippen LogP contribution in [0.4, 0.5) is 0 Å². The Labute approximate surface area is 304 Å². The second-order valence-electron chi connectivity index (χ2n) is 19.5. The van der Waals surface area contributed by atoms with E-state index in [2.05, 4.69) is 34.6 Å². The van der Waals surface area contributed by atoms with E-state index in [1.807, 2.05) is 4.90 Å². The summed E-state index contributed by atoms with van der Waals surface area (Å²) in [5, 5.41) is 21.9. The van der Waals surface area contributed by atoms with E-state index in [0.29, 0.717) is 50.3 Å². The number of fused-ring (bicyclic) bond motifs is 4. The molecule has 6 saturated carbocycles. The minimum atomic E-state index is -3.74. The fourth-order valence-electron chi connectivity index (χ4n) is 14.2. The average molecular weight is 735 g/mol. The number of sulfonamides is 1. The normalized spacial score (nSPS) is 48.5. The van der Waals surface area contributed by atoms with Crippen LogP contribution in [0.5, 0.6) is 0 Å². The van der Waals surface area contributed by atoms with Crippen molar-refractivity contribution in [2.45, 2.75) is 136 Å². The third-order valence-corrected chi connectivity index (χ3v) is 18.1. The molecule has 288 valence electrons. The molecule has 0 bridgehead atoms. The predicted octanol–water partition coefficient (Wildman–Crippen LogP) is 4.52. The lowest BCUT2D eigenvalue weighted by molar-refractivity contribution is -0.248. The second-order valence-corrected chi connectivity index (χ2v) is 21.5. The van der Waals surface area contributed by atoms with E-state index in [4.69, 9.17) is 14.2 Å². The minimum absolute atomic E-state index is 0.0178. The summed E-state index contributed by atoms with van der Waals surface area (Å²) in [5.74, 6) is 0.855. The first-order valence-electron chi connectivity index (χ1n) is 19.9. The molecule has 2 saturated heterocycles. The molecule has 6 aliphatic carbocycles. The Bertz CT molecular complexity index is 1540. The predicted molar refractivity (Wildman–Crippen MR) is 189 cm³/mol. The molecule has 13 atom stereocenters. The zero-order chi connectivity index (χ0) is 36.5. The summed E-state index contributed by atoms with van der Waals surface area (Å²) in [4.78, 5) is 26.4. The molecule has 51 heavy (non-hydrogen) atoms. The van der Waals surface area contributed by atoms with Gasteiger partial charge in [0.05, 0.1) is 43.8 Å². The quantitative estimate of drug-likeness (QED) is 0.350. The zero-order valence-corrected chi connectivity index (χ0v) is 32.5. The first-order valence-corrected chi connectivity index (χ1v) is 21.8. The van der Waals surface area contributed by atoms with Crippen molar-refractivity contribution in [3.8, 4) is 0 Å². The standard InChI is InChI=1S/C39H62N2O9S/c1-23-17-25(19-41(20-30(43)44)51(6,46)47)49-33-32(23)36(4)13-14-39-22-38(39)12-11-28(35(2,3)26(38)9-10-27(39)37(36,5)34(33)45)50-31-21-40(15-16-48-31)29(42)18-24-7-8-24/h23-28,31-34,45H,7-22H2,1-6H3,(H,43,44)/t23-,25-,26+,27+,28?,31+,32+,33+,34+,36-,37-,38?,39+/m1/s1. The van der Waals surface area contributed by atoms with Crippen LogP contribution < -0.4 is 0 Å². The highest BCUT2D eigenvalue weighted by Crippen LogP contribution is 2.89. The number of amides is 1.